The predicted octanol–water partition coefficient (Wildman–Crippen LogP) is 3.13. The smallest absolute Gasteiger partial charge is 0.260 e. The number of carbonyl (C=O) groups excluding carboxylic acids is 1. The first-order chi connectivity index (χ1) is 15.2. The van der Waals surface area contributed by atoms with Crippen LogP contribution in [0, 0.1) is 5.82 Å². The number of carbonyl (C=O) groups is 1. The van der Waals surface area contributed by atoms with Crippen LogP contribution in [0.5, 0.6) is 0 Å². The molecule has 0 saturated carbocycles. The second kappa shape index (κ2) is 8.61. The number of amides is 1. The van der Waals surface area contributed by atoms with Gasteiger partial charge in [0.05, 0.1) is 34.5 Å². The molecule has 168 valence electrons. The molecule has 0 saturated heterocycles. The lowest BCUT2D eigenvalue weighted by Gasteiger charge is -2.24. The second-order valence-electron chi connectivity index (χ2n) is 7.50. The number of halogens is 2. The fraction of sp³-hybridized carbons (Fsp3) is 0.286. The maximum atomic E-state index is 15.0. The zero-order valence-corrected chi connectivity index (χ0v) is 18.7. The van der Waals surface area contributed by atoms with Gasteiger partial charge in [0.15, 0.2) is 15.7 Å². The van der Waals surface area contributed by atoms with Gasteiger partial charge in [-0.1, -0.05) is 35.8 Å². The van der Waals surface area contributed by atoms with Crippen molar-refractivity contribution in [2.45, 2.75) is 37.2 Å². The average molecular weight is 479 g/mol. The molecule has 3 aromatic rings. The molecule has 32 heavy (non-hydrogen) atoms. The highest BCUT2D eigenvalue weighted by Gasteiger charge is 2.37. The van der Waals surface area contributed by atoms with Gasteiger partial charge >= 0.3 is 0 Å². The molecule has 0 spiro atoms. The van der Waals surface area contributed by atoms with Crippen LogP contribution in [0.15, 0.2) is 45.8 Å². The molecule has 0 radical (unpaired) electrons. The van der Waals surface area contributed by atoms with Crippen LogP contribution >= 0.6 is 11.6 Å². The largest absolute Gasteiger partial charge is 0.334 e. The van der Waals surface area contributed by atoms with Crippen LogP contribution in [-0.4, -0.2) is 36.3 Å². The van der Waals surface area contributed by atoms with Crippen LogP contribution in [0.3, 0.4) is 0 Å². The number of anilines is 1. The molecule has 4 rings (SSSR count). The van der Waals surface area contributed by atoms with Crippen molar-refractivity contribution in [2.75, 3.05) is 10.7 Å². The second-order valence-corrected chi connectivity index (χ2v) is 9.94. The lowest BCUT2D eigenvalue weighted by molar-refractivity contribution is -0.119. The van der Waals surface area contributed by atoms with Crippen molar-refractivity contribution in [3.63, 3.8) is 0 Å². The van der Waals surface area contributed by atoms with E-state index in [4.69, 9.17) is 21.9 Å². The van der Waals surface area contributed by atoms with E-state index >= 15 is 0 Å². The number of nitrogens with two attached hydrogens (primary N) is 1. The highest BCUT2D eigenvalue weighted by atomic mass is 35.5. The maximum Gasteiger partial charge on any atom is 0.260 e. The highest BCUT2D eigenvalue weighted by molar-refractivity contribution is 7.91. The van der Waals surface area contributed by atoms with Crippen molar-refractivity contribution in [3.05, 3.63) is 58.6 Å². The molecule has 2 aromatic carbocycles. The monoisotopic (exact) mass is 478 g/mol. The fourth-order valence-electron chi connectivity index (χ4n) is 3.51. The van der Waals surface area contributed by atoms with Crippen LogP contribution < -0.4 is 10.6 Å². The van der Waals surface area contributed by atoms with Crippen molar-refractivity contribution in [2.24, 2.45) is 5.73 Å². The van der Waals surface area contributed by atoms with Gasteiger partial charge in [0, 0.05) is 11.4 Å². The molecule has 1 aliphatic heterocycles. The number of aryl methyl sites for hydroxylation is 1. The summed E-state index contributed by atoms with van der Waals surface area (Å²) in [5.74, 6) is -1.78. The first kappa shape index (κ1) is 22.4. The molecule has 0 aliphatic carbocycles. The van der Waals surface area contributed by atoms with Crippen molar-refractivity contribution in [1.82, 2.24) is 10.1 Å². The van der Waals surface area contributed by atoms with Gasteiger partial charge in [-0.25, -0.2) is 12.8 Å². The minimum Gasteiger partial charge on any atom is -0.334 e. The predicted molar refractivity (Wildman–Crippen MR) is 116 cm³/mol. The Bertz CT molecular complexity index is 1280. The van der Waals surface area contributed by atoms with E-state index in [-0.39, 0.29) is 28.6 Å². The van der Waals surface area contributed by atoms with Gasteiger partial charge in [0.1, 0.15) is 5.82 Å². The van der Waals surface area contributed by atoms with Crippen LogP contribution in [-0.2, 0) is 27.6 Å². The lowest BCUT2D eigenvalue weighted by Crippen LogP contribution is -2.45. The molecule has 0 unspecified atom stereocenters. The summed E-state index contributed by atoms with van der Waals surface area (Å²) in [5.41, 5.74) is 6.49. The maximum absolute atomic E-state index is 15.0. The normalized spacial score (nSPS) is 17.8. The van der Waals surface area contributed by atoms with Gasteiger partial charge in [-0.3, -0.25) is 4.79 Å². The summed E-state index contributed by atoms with van der Waals surface area (Å²) in [5, 5.41) is 4.33. The topological polar surface area (TPSA) is 119 Å². The van der Waals surface area contributed by atoms with E-state index in [1.807, 2.05) is 6.92 Å². The number of benzene rings is 2. The van der Waals surface area contributed by atoms with E-state index in [1.54, 1.807) is 24.3 Å². The van der Waals surface area contributed by atoms with Gasteiger partial charge in [0.2, 0.25) is 5.91 Å². The van der Waals surface area contributed by atoms with Crippen LogP contribution in [0.25, 0.3) is 11.5 Å². The Morgan fingerprint density at radius 1 is 1.28 bits per heavy atom. The van der Waals surface area contributed by atoms with E-state index in [0.717, 1.165) is 12.5 Å². The minimum absolute atomic E-state index is 0.00421. The number of nitrogens with zero attached hydrogens (tertiary/aromatic N) is 3. The van der Waals surface area contributed by atoms with Crippen molar-refractivity contribution in [3.8, 4) is 11.5 Å². The summed E-state index contributed by atoms with van der Waals surface area (Å²) in [7, 11) is -4.03. The summed E-state index contributed by atoms with van der Waals surface area (Å²) in [6.07, 6.45) is 1.31. The molecule has 1 aromatic heterocycles. The Morgan fingerprint density at radius 3 is 2.69 bits per heavy atom. The van der Waals surface area contributed by atoms with E-state index in [2.05, 4.69) is 10.1 Å². The molecule has 1 amide bonds. The summed E-state index contributed by atoms with van der Waals surface area (Å²) in [6.45, 7) is 1.95. The Balaban J connectivity index is 1.87. The Hall–Kier alpha value is -2.82. The van der Waals surface area contributed by atoms with E-state index < -0.39 is 33.4 Å². The molecular formula is C21H20ClFN4O4S. The first-order valence-electron chi connectivity index (χ1n) is 9.90. The van der Waals surface area contributed by atoms with Crippen LogP contribution in [0.1, 0.15) is 24.7 Å². The number of hydrogen-bond donors (Lipinski definition) is 1. The van der Waals surface area contributed by atoms with E-state index in [1.165, 1.54) is 11.0 Å². The summed E-state index contributed by atoms with van der Waals surface area (Å²) < 4.78 is 45.9. The molecule has 2 N–H and O–H groups in total. The summed E-state index contributed by atoms with van der Waals surface area (Å²) in [4.78, 5) is 18.2. The van der Waals surface area contributed by atoms with Crippen LogP contribution in [0.4, 0.5) is 10.1 Å². The standard InChI is InChI=1S/C21H20ClFN4O4S/c1-2-3-19-25-20(31-26-19)14-8-17-18(9-15(14)23)32(29,30)11-16(24)21(28)27(17)10-12-4-6-13(22)7-5-12/h4-9,16H,2-3,10-11,24H2,1H3/t16-/m0/s1. The molecule has 0 fully saturated rings. The average Bonchev–Trinajstić information content (AvgIpc) is 3.19. The van der Waals surface area contributed by atoms with Gasteiger partial charge in [0.25, 0.3) is 5.89 Å². The van der Waals surface area contributed by atoms with Gasteiger partial charge in [-0.05, 0) is 36.2 Å². The number of rotatable bonds is 5. The quantitative estimate of drug-likeness (QED) is 0.598. The third-order valence-electron chi connectivity index (χ3n) is 5.08. The minimum atomic E-state index is -4.03. The third-order valence-corrected chi connectivity index (χ3v) is 7.13. The van der Waals surface area contributed by atoms with E-state index in [9.17, 15) is 17.6 Å². The summed E-state index contributed by atoms with van der Waals surface area (Å²) in [6, 6.07) is 7.55. The molecule has 2 heterocycles. The van der Waals surface area contributed by atoms with E-state index in [0.29, 0.717) is 22.8 Å². The summed E-state index contributed by atoms with van der Waals surface area (Å²) >= 11 is 5.94. The SMILES string of the molecule is CCCc1noc(-c2cc3c(cc2F)S(=O)(=O)C[C@H](N)C(=O)N3Cc2ccc(Cl)cc2)n1. The van der Waals surface area contributed by atoms with Crippen molar-refractivity contribution < 1.29 is 22.1 Å². The molecule has 11 heteroatoms. The fourth-order valence-corrected chi connectivity index (χ4v) is 5.20. The van der Waals surface area contributed by atoms with Gasteiger partial charge in [-0.2, -0.15) is 4.98 Å². The molecular weight excluding hydrogens is 459 g/mol. The number of hydrogen-bond acceptors (Lipinski definition) is 7. The third kappa shape index (κ3) is 4.25. The number of fused-ring (bicyclic) bond motifs is 1. The number of sulfone groups is 1. The van der Waals surface area contributed by atoms with Gasteiger partial charge in [-0.15, -0.1) is 0 Å². The Labute approximate surface area is 189 Å². The van der Waals surface area contributed by atoms with Crippen molar-refractivity contribution in [1.29, 1.82) is 0 Å². The molecule has 8 nitrogen and oxygen atoms in total. The first-order valence-corrected chi connectivity index (χ1v) is 11.9. The number of aromatic nitrogens is 2. The lowest BCUT2D eigenvalue weighted by atomic mass is 10.1. The molecule has 1 atom stereocenters. The zero-order valence-electron chi connectivity index (χ0n) is 17.1. The zero-order chi connectivity index (χ0) is 23.0. The highest BCUT2D eigenvalue weighted by Crippen LogP contribution is 2.36. The van der Waals surface area contributed by atoms with Gasteiger partial charge < -0.3 is 15.2 Å². The Morgan fingerprint density at radius 2 is 2.00 bits per heavy atom. The molecule has 0 bridgehead atoms. The van der Waals surface area contributed by atoms with Crippen LogP contribution in [0.2, 0.25) is 5.02 Å². The van der Waals surface area contributed by atoms with Crippen molar-refractivity contribution >= 4 is 33.0 Å². The Kier molecular flexibility index (Phi) is 6.02. The molecule has 1 aliphatic rings.